The van der Waals surface area contributed by atoms with Gasteiger partial charge in [-0.25, -0.2) is 0 Å². The third kappa shape index (κ3) is 4.66. The predicted molar refractivity (Wildman–Crippen MR) is 112 cm³/mol. The highest BCUT2D eigenvalue weighted by Crippen LogP contribution is 2.33. The van der Waals surface area contributed by atoms with Crippen molar-refractivity contribution < 1.29 is 14.2 Å². The molecule has 7 heteroatoms. The Morgan fingerprint density at radius 2 is 1.75 bits per heavy atom. The number of para-hydroxylation sites is 1. The molecule has 0 saturated carbocycles. The van der Waals surface area contributed by atoms with Crippen molar-refractivity contribution in [1.82, 2.24) is 14.8 Å². The van der Waals surface area contributed by atoms with E-state index in [-0.39, 0.29) is 0 Å². The summed E-state index contributed by atoms with van der Waals surface area (Å²) in [5.41, 5.74) is 1.86. The fourth-order valence-electron chi connectivity index (χ4n) is 2.79. The third-order valence-electron chi connectivity index (χ3n) is 4.05. The molecule has 0 amide bonds. The SMILES string of the molecule is CCOCCSc1nnc(-c2ccccc2OC)n1-c1ccc(OCC)cc1. The number of benzene rings is 2. The van der Waals surface area contributed by atoms with Gasteiger partial charge in [0, 0.05) is 12.4 Å². The summed E-state index contributed by atoms with van der Waals surface area (Å²) in [4.78, 5) is 0. The summed E-state index contributed by atoms with van der Waals surface area (Å²) in [6, 6.07) is 15.8. The fraction of sp³-hybridized carbons (Fsp3) is 0.333. The number of hydrogen-bond donors (Lipinski definition) is 0. The maximum Gasteiger partial charge on any atom is 0.196 e. The molecule has 0 saturated heterocycles. The second-order valence-electron chi connectivity index (χ2n) is 5.81. The molecule has 1 aromatic heterocycles. The first-order chi connectivity index (χ1) is 13.8. The normalized spacial score (nSPS) is 10.8. The lowest BCUT2D eigenvalue weighted by atomic mass is 10.2. The van der Waals surface area contributed by atoms with Gasteiger partial charge < -0.3 is 14.2 Å². The Hall–Kier alpha value is -2.51. The zero-order valence-electron chi connectivity index (χ0n) is 16.4. The van der Waals surface area contributed by atoms with Crippen LogP contribution in [0.2, 0.25) is 0 Å². The van der Waals surface area contributed by atoms with Crippen LogP contribution in [0.15, 0.2) is 53.7 Å². The molecule has 6 nitrogen and oxygen atoms in total. The monoisotopic (exact) mass is 399 g/mol. The first-order valence-electron chi connectivity index (χ1n) is 9.31. The molecule has 0 aliphatic heterocycles. The molecular formula is C21H25N3O3S. The summed E-state index contributed by atoms with van der Waals surface area (Å²) in [6.07, 6.45) is 0. The Morgan fingerprint density at radius 1 is 0.964 bits per heavy atom. The molecule has 0 bridgehead atoms. The van der Waals surface area contributed by atoms with E-state index in [9.17, 15) is 0 Å². The van der Waals surface area contributed by atoms with Gasteiger partial charge in [-0.3, -0.25) is 4.57 Å². The zero-order valence-corrected chi connectivity index (χ0v) is 17.2. The first kappa shape index (κ1) is 20.2. The van der Waals surface area contributed by atoms with Gasteiger partial charge in [-0.05, 0) is 50.2 Å². The number of aromatic nitrogens is 3. The van der Waals surface area contributed by atoms with Crippen LogP contribution >= 0.6 is 11.8 Å². The van der Waals surface area contributed by atoms with Crippen molar-refractivity contribution in [3.8, 4) is 28.6 Å². The van der Waals surface area contributed by atoms with Crippen LogP contribution in [-0.2, 0) is 4.74 Å². The van der Waals surface area contributed by atoms with Crippen molar-refractivity contribution in [2.45, 2.75) is 19.0 Å². The average Bonchev–Trinajstić information content (AvgIpc) is 3.15. The number of rotatable bonds is 10. The van der Waals surface area contributed by atoms with E-state index in [2.05, 4.69) is 10.2 Å². The van der Waals surface area contributed by atoms with Gasteiger partial charge >= 0.3 is 0 Å². The van der Waals surface area contributed by atoms with Crippen molar-refractivity contribution >= 4 is 11.8 Å². The second-order valence-corrected chi connectivity index (χ2v) is 6.88. The molecular weight excluding hydrogens is 374 g/mol. The quantitative estimate of drug-likeness (QED) is 0.370. The number of nitrogens with zero attached hydrogens (tertiary/aromatic N) is 3. The van der Waals surface area contributed by atoms with E-state index in [0.29, 0.717) is 19.8 Å². The molecule has 28 heavy (non-hydrogen) atoms. The number of ether oxygens (including phenoxy) is 3. The van der Waals surface area contributed by atoms with Gasteiger partial charge in [0.15, 0.2) is 11.0 Å². The lowest BCUT2D eigenvalue weighted by Gasteiger charge is -2.13. The Morgan fingerprint density at radius 3 is 2.46 bits per heavy atom. The molecule has 0 spiro atoms. The molecule has 0 unspecified atom stereocenters. The van der Waals surface area contributed by atoms with E-state index >= 15 is 0 Å². The second kappa shape index (κ2) is 10.1. The summed E-state index contributed by atoms with van der Waals surface area (Å²) < 4.78 is 18.6. The molecule has 0 atom stereocenters. The van der Waals surface area contributed by atoms with Gasteiger partial charge in [0.05, 0.1) is 31.6 Å². The van der Waals surface area contributed by atoms with E-state index in [1.165, 1.54) is 0 Å². The minimum Gasteiger partial charge on any atom is -0.496 e. The van der Waals surface area contributed by atoms with E-state index in [0.717, 1.165) is 39.5 Å². The van der Waals surface area contributed by atoms with E-state index in [1.54, 1.807) is 18.9 Å². The highest BCUT2D eigenvalue weighted by atomic mass is 32.2. The van der Waals surface area contributed by atoms with Crippen LogP contribution in [0.25, 0.3) is 17.1 Å². The predicted octanol–water partition coefficient (Wildman–Crippen LogP) is 4.47. The molecule has 0 aliphatic carbocycles. The number of hydrogen-bond acceptors (Lipinski definition) is 6. The largest absolute Gasteiger partial charge is 0.496 e. The van der Waals surface area contributed by atoms with Gasteiger partial charge in [0.1, 0.15) is 11.5 Å². The van der Waals surface area contributed by atoms with E-state index in [4.69, 9.17) is 14.2 Å². The van der Waals surface area contributed by atoms with Gasteiger partial charge in [-0.1, -0.05) is 23.9 Å². The Bertz CT molecular complexity index is 881. The van der Waals surface area contributed by atoms with Crippen molar-refractivity contribution in [2.24, 2.45) is 0 Å². The summed E-state index contributed by atoms with van der Waals surface area (Å²) >= 11 is 1.62. The molecule has 0 fully saturated rings. The zero-order chi connectivity index (χ0) is 19.8. The number of methoxy groups -OCH3 is 1. The van der Waals surface area contributed by atoms with Crippen LogP contribution in [0.3, 0.4) is 0 Å². The van der Waals surface area contributed by atoms with Gasteiger partial charge in [0.25, 0.3) is 0 Å². The summed E-state index contributed by atoms with van der Waals surface area (Å²) in [7, 11) is 1.66. The van der Waals surface area contributed by atoms with Crippen LogP contribution in [-0.4, -0.2) is 47.4 Å². The number of thioether (sulfide) groups is 1. The smallest absolute Gasteiger partial charge is 0.196 e. The molecule has 3 rings (SSSR count). The molecule has 1 heterocycles. The van der Waals surface area contributed by atoms with E-state index in [1.807, 2.05) is 66.9 Å². The fourth-order valence-corrected chi connectivity index (χ4v) is 3.60. The van der Waals surface area contributed by atoms with Crippen LogP contribution in [0.1, 0.15) is 13.8 Å². The van der Waals surface area contributed by atoms with Crippen molar-refractivity contribution in [1.29, 1.82) is 0 Å². The minimum atomic E-state index is 0.636. The van der Waals surface area contributed by atoms with Crippen LogP contribution in [0.4, 0.5) is 0 Å². The first-order valence-corrected chi connectivity index (χ1v) is 10.3. The molecule has 148 valence electrons. The van der Waals surface area contributed by atoms with Gasteiger partial charge in [-0.15, -0.1) is 10.2 Å². The molecule has 0 aliphatic rings. The lowest BCUT2D eigenvalue weighted by molar-refractivity contribution is 0.164. The Kier molecular flexibility index (Phi) is 7.33. The third-order valence-corrected chi connectivity index (χ3v) is 4.94. The summed E-state index contributed by atoms with van der Waals surface area (Å²) in [5.74, 6) is 3.13. The van der Waals surface area contributed by atoms with Gasteiger partial charge in [0.2, 0.25) is 0 Å². The molecule has 0 radical (unpaired) electrons. The molecule has 3 aromatic rings. The highest BCUT2D eigenvalue weighted by molar-refractivity contribution is 7.99. The highest BCUT2D eigenvalue weighted by Gasteiger charge is 2.19. The van der Waals surface area contributed by atoms with Crippen molar-refractivity contribution in [2.75, 3.05) is 32.7 Å². The lowest BCUT2D eigenvalue weighted by Crippen LogP contribution is -2.03. The Labute approximate surface area is 169 Å². The Balaban J connectivity index is 2.01. The maximum absolute atomic E-state index is 5.57. The van der Waals surface area contributed by atoms with Crippen molar-refractivity contribution in [3.05, 3.63) is 48.5 Å². The topological polar surface area (TPSA) is 58.4 Å². The molecule has 0 N–H and O–H groups in total. The summed E-state index contributed by atoms with van der Waals surface area (Å²) in [6.45, 7) is 5.98. The van der Waals surface area contributed by atoms with Crippen molar-refractivity contribution in [3.63, 3.8) is 0 Å². The average molecular weight is 400 g/mol. The molecule has 2 aromatic carbocycles. The van der Waals surface area contributed by atoms with Gasteiger partial charge in [-0.2, -0.15) is 0 Å². The van der Waals surface area contributed by atoms with Crippen LogP contribution < -0.4 is 9.47 Å². The van der Waals surface area contributed by atoms with E-state index < -0.39 is 0 Å². The maximum atomic E-state index is 5.57. The summed E-state index contributed by atoms with van der Waals surface area (Å²) in [5, 5.41) is 9.71. The minimum absolute atomic E-state index is 0.636. The van der Waals surface area contributed by atoms with Crippen LogP contribution in [0, 0.1) is 0 Å². The standard InChI is InChI=1S/C21H25N3O3S/c1-4-26-14-15-28-21-23-22-20(18-8-6-7-9-19(18)25-3)24(21)16-10-12-17(13-11-16)27-5-2/h6-13H,4-5,14-15H2,1-3H3. The van der Waals surface area contributed by atoms with Crippen LogP contribution in [0.5, 0.6) is 11.5 Å².